The zero-order valence-corrected chi connectivity index (χ0v) is 12.6. The molecule has 3 rings (SSSR count). The summed E-state index contributed by atoms with van der Waals surface area (Å²) in [4.78, 5) is 12.0. The van der Waals surface area contributed by atoms with Crippen LogP contribution in [0.5, 0.6) is 0 Å². The monoisotopic (exact) mass is 310 g/mol. The van der Waals surface area contributed by atoms with E-state index in [1.165, 1.54) is 0 Å². The number of carbonyl (C=O) groups is 1. The second-order valence-corrected chi connectivity index (χ2v) is 5.35. The van der Waals surface area contributed by atoms with Crippen LogP contribution in [0.4, 0.5) is 11.4 Å². The minimum atomic E-state index is -0.116. The predicted molar refractivity (Wildman–Crippen MR) is 92.5 cm³/mol. The van der Waals surface area contributed by atoms with Crippen molar-refractivity contribution in [3.8, 4) is 0 Å². The summed E-state index contributed by atoms with van der Waals surface area (Å²) in [7, 11) is 0. The van der Waals surface area contributed by atoms with E-state index in [-0.39, 0.29) is 12.5 Å². The molecule has 0 radical (unpaired) electrons. The van der Waals surface area contributed by atoms with Crippen LogP contribution in [0.1, 0.15) is 0 Å². The summed E-state index contributed by atoms with van der Waals surface area (Å²) in [5.41, 5.74) is 1.53. The van der Waals surface area contributed by atoms with Gasteiger partial charge in [0.2, 0.25) is 5.91 Å². The molecule has 4 heteroatoms. The molecule has 0 saturated carbocycles. The van der Waals surface area contributed by atoms with Crippen molar-refractivity contribution in [2.75, 3.05) is 17.2 Å². The van der Waals surface area contributed by atoms with Crippen molar-refractivity contribution in [3.63, 3.8) is 0 Å². The van der Waals surface area contributed by atoms with Crippen LogP contribution in [-0.2, 0) is 4.79 Å². The SMILES string of the molecule is O=C(CNc1ccccc1Cl)Nc1ccc2ccccc2c1. The van der Waals surface area contributed by atoms with Crippen molar-refractivity contribution in [3.05, 3.63) is 71.8 Å². The fourth-order valence-corrected chi connectivity index (χ4v) is 2.45. The van der Waals surface area contributed by atoms with Crippen LogP contribution < -0.4 is 10.6 Å². The van der Waals surface area contributed by atoms with Gasteiger partial charge in [-0.15, -0.1) is 0 Å². The molecule has 1 amide bonds. The third kappa shape index (κ3) is 3.38. The molecule has 0 bridgehead atoms. The number of amides is 1. The van der Waals surface area contributed by atoms with Crippen molar-refractivity contribution in [2.24, 2.45) is 0 Å². The van der Waals surface area contributed by atoms with Crippen molar-refractivity contribution in [1.82, 2.24) is 0 Å². The van der Waals surface area contributed by atoms with Crippen molar-refractivity contribution >= 4 is 39.7 Å². The van der Waals surface area contributed by atoms with Crippen LogP contribution in [-0.4, -0.2) is 12.5 Å². The lowest BCUT2D eigenvalue weighted by Crippen LogP contribution is -2.21. The van der Waals surface area contributed by atoms with Gasteiger partial charge in [-0.1, -0.05) is 54.1 Å². The Bertz CT molecular complexity index is 817. The Labute approximate surface area is 133 Å². The third-order valence-electron chi connectivity index (χ3n) is 3.35. The molecule has 3 nitrogen and oxygen atoms in total. The summed E-state index contributed by atoms with van der Waals surface area (Å²) in [5, 5.41) is 8.75. The minimum Gasteiger partial charge on any atom is -0.375 e. The van der Waals surface area contributed by atoms with Gasteiger partial charge in [0, 0.05) is 5.69 Å². The van der Waals surface area contributed by atoms with Crippen LogP contribution in [0, 0.1) is 0 Å². The van der Waals surface area contributed by atoms with Gasteiger partial charge in [0.05, 0.1) is 17.3 Å². The summed E-state index contributed by atoms with van der Waals surface area (Å²) >= 11 is 6.04. The van der Waals surface area contributed by atoms with Gasteiger partial charge >= 0.3 is 0 Å². The van der Waals surface area contributed by atoms with Crippen molar-refractivity contribution in [1.29, 1.82) is 0 Å². The third-order valence-corrected chi connectivity index (χ3v) is 3.68. The highest BCUT2D eigenvalue weighted by molar-refractivity contribution is 6.33. The highest BCUT2D eigenvalue weighted by atomic mass is 35.5. The molecule has 110 valence electrons. The number of anilines is 2. The lowest BCUT2D eigenvalue weighted by molar-refractivity contribution is -0.114. The topological polar surface area (TPSA) is 41.1 Å². The van der Waals surface area contributed by atoms with Gasteiger partial charge in [-0.25, -0.2) is 0 Å². The summed E-state index contributed by atoms with van der Waals surface area (Å²) in [5.74, 6) is -0.116. The van der Waals surface area contributed by atoms with E-state index in [4.69, 9.17) is 11.6 Å². The van der Waals surface area contributed by atoms with Crippen LogP contribution in [0.15, 0.2) is 66.7 Å². The molecule has 2 N–H and O–H groups in total. The quantitative estimate of drug-likeness (QED) is 0.742. The summed E-state index contributed by atoms with van der Waals surface area (Å²) in [6.07, 6.45) is 0. The summed E-state index contributed by atoms with van der Waals surface area (Å²) < 4.78 is 0. The molecule has 0 saturated heterocycles. The molecule has 0 aliphatic heterocycles. The fourth-order valence-electron chi connectivity index (χ4n) is 2.25. The zero-order chi connectivity index (χ0) is 15.4. The number of benzene rings is 3. The zero-order valence-electron chi connectivity index (χ0n) is 11.8. The summed E-state index contributed by atoms with van der Waals surface area (Å²) in [6, 6.07) is 21.2. The first kappa shape index (κ1) is 14.4. The van der Waals surface area contributed by atoms with Crippen LogP contribution in [0.25, 0.3) is 10.8 Å². The lowest BCUT2D eigenvalue weighted by Gasteiger charge is -2.09. The molecular weight excluding hydrogens is 296 g/mol. The first-order valence-electron chi connectivity index (χ1n) is 6.99. The molecule has 0 fully saturated rings. The van der Waals surface area contributed by atoms with E-state index >= 15 is 0 Å². The maximum atomic E-state index is 12.0. The van der Waals surface area contributed by atoms with Gasteiger partial charge in [-0.2, -0.15) is 0 Å². The van der Waals surface area contributed by atoms with Crippen molar-refractivity contribution in [2.45, 2.75) is 0 Å². The standard InChI is InChI=1S/C18H15ClN2O/c19-16-7-3-4-8-17(16)20-12-18(22)21-15-10-9-13-5-1-2-6-14(13)11-15/h1-11,20H,12H2,(H,21,22). The number of halogens is 1. The molecular formula is C18H15ClN2O. The van der Waals surface area contributed by atoms with Gasteiger partial charge in [-0.3, -0.25) is 4.79 Å². The predicted octanol–water partition coefficient (Wildman–Crippen LogP) is 4.54. The van der Waals surface area contributed by atoms with E-state index in [1.807, 2.05) is 60.7 Å². The largest absolute Gasteiger partial charge is 0.375 e. The van der Waals surface area contributed by atoms with Gasteiger partial charge in [0.15, 0.2) is 0 Å². The lowest BCUT2D eigenvalue weighted by atomic mass is 10.1. The molecule has 3 aromatic rings. The molecule has 0 aromatic heterocycles. The second-order valence-electron chi connectivity index (χ2n) is 4.94. The summed E-state index contributed by atoms with van der Waals surface area (Å²) in [6.45, 7) is 0.163. The maximum Gasteiger partial charge on any atom is 0.243 e. The number of hydrogen-bond acceptors (Lipinski definition) is 2. The maximum absolute atomic E-state index is 12.0. The fraction of sp³-hybridized carbons (Fsp3) is 0.0556. The Morgan fingerprint density at radius 3 is 2.45 bits per heavy atom. The van der Waals surface area contributed by atoms with Gasteiger partial charge in [-0.05, 0) is 35.0 Å². The smallest absolute Gasteiger partial charge is 0.243 e. The highest BCUT2D eigenvalue weighted by Gasteiger charge is 2.04. The average Bonchev–Trinajstić information content (AvgIpc) is 2.54. The first-order chi connectivity index (χ1) is 10.7. The molecule has 3 aromatic carbocycles. The molecule has 0 aliphatic carbocycles. The van der Waals surface area contributed by atoms with Crippen LogP contribution in [0.3, 0.4) is 0 Å². The Hall–Kier alpha value is -2.52. The van der Waals surface area contributed by atoms with E-state index in [0.29, 0.717) is 5.02 Å². The number of carbonyl (C=O) groups excluding carboxylic acids is 1. The second kappa shape index (κ2) is 6.50. The average molecular weight is 311 g/mol. The number of rotatable bonds is 4. The number of hydrogen-bond donors (Lipinski definition) is 2. The Morgan fingerprint density at radius 1 is 0.909 bits per heavy atom. The Kier molecular flexibility index (Phi) is 4.26. The molecule has 0 atom stereocenters. The Balaban J connectivity index is 1.64. The van der Waals surface area contributed by atoms with Gasteiger partial charge in [0.25, 0.3) is 0 Å². The minimum absolute atomic E-state index is 0.116. The highest BCUT2D eigenvalue weighted by Crippen LogP contribution is 2.21. The number of nitrogens with one attached hydrogen (secondary N) is 2. The van der Waals surface area contributed by atoms with Gasteiger partial charge < -0.3 is 10.6 Å². The van der Waals surface area contributed by atoms with E-state index in [9.17, 15) is 4.79 Å². The molecule has 0 unspecified atom stereocenters. The number of para-hydroxylation sites is 1. The Morgan fingerprint density at radius 2 is 1.64 bits per heavy atom. The molecule has 0 spiro atoms. The molecule has 0 aliphatic rings. The first-order valence-corrected chi connectivity index (χ1v) is 7.37. The van der Waals surface area contributed by atoms with Gasteiger partial charge in [0.1, 0.15) is 0 Å². The van der Waals surface area contributed by atoms with Crippen molar-refractivity contribution < 1.29 is 4.79 Å². The van der Waals surface area contributed by atoms with E-state index in [0.717, 1.165) is 22.1 Å². The van der Waals surface area contributed by atoms with Crippen LogP contribution in [0.2, 0.25) is 5.02 Å². The van der Waals surface area contributed by atoms with E-state index < -0.39 is 0 Å². The van der Waals surface area contributed by atoms with E-state index in [2.05, 4.69) is 10.6 Å². The van der Waals surface area contributed by atoms with E-state index in [1.54, 1.807) is 6.07 Å². The molecule has 0 heterocycles. The van der Waals surface area contributed by atoms with Crippen LogP contribution >= 0.6 is 11.6 Å². The molecule has 22 heavy (non-hydrogen) atoms. The number of fused-ring (bicyclic) bond motifs is 1. The normalized spacial score (nSPS) is 10.4.